The number of carbonyl (C=O) groups is 2. The maximum Gasteiger partial charge on any atom is 0.275 e. The van der Waals surface area contributed by atoms with Gasteiger partial charge in [-0.15, -0.1) is 0 Å². The molecule has 7 heteroatoms. The molecule has 2 aliphatic rings. The highest BCUT2D eigenvalue weighted by Gasteiger charge is 2.49. The first-order valence-electron chi connectivity index (χ1n) is 12.0. The maximum absolute atomic E-state index is 14.0. The number of hydrogen-bond acceptors (Lipinski definition) is 4. The Morgan fingerprint density at radius 1 is 1.09 bits per heavy atom. The fourth-order valence-electron chi connectivity index (χ4n) is 5.27. The molecule has 178 valence electrons. The van der Waals surface area contributed by atoms with Gasteiger partial charge in [-0.25, -0.2) is 0 Å². The number of rotatable bonds is 6. The van der Waals surface area contributed by atoms with E-state index in [2.05, 4.69) is 5.32 Å². The van der Waals surface area contributed by atoms with Crippen LogP contribution in [0.2, 0.25) is 0 Å². The Bertz CT molecular complexity index is 1230. The molecule has 3 aromatic rings. The second-order valence-electron chi connectivity index (χ2n) is 9.34. The molecular weight excluding hydrogens is 430 g/mol. The number of nitrogens with zero attached hydrogens (tertiary/aromatic N) is 2. The molecule has 1 fully saturated rings. The summed E-state index contributed by atoms with van der Waals surface area (Å²) in [6.45, 7) is 4.70. The number of amides is 2. The van der Waals surface area contributed by atoms with Gasteiger partial charge in [0.05, 0.1) is 25.8 Å². The Kier molecular flexibility index (Phi) is 5.71. The Morgan fingerprint density at radius 3 is 2.47 bits per heavy atom. The van der Waals surface area contributed by atoms with Crippen LogP contribution in [0, 0.1) is 0 Å². The molecular formula is C27H31N3O4. The van der Waals surface area contributed by atoms with E-state index in [-0.39, 0.29) is 17.9 Å². The summed E-state index contributed by atoms with van der Waals surface area (Å²) in [6.07, 6.45) is 4.20. The van der Waals surface area contributed by atoms with Crippen molar-refractivity contribution < 1.29 is 19.1 Å². The molecule has 1 saturated carbocycles. The van der Waals surface area contributed by atoms with Crippen LogP contribution in [0.4, 0.5) is 5.69 Å². The quantitative estimate of drug-likeness (QED) is 0.586. The summed E-state index contributed by atoms with van der Waals surface area (Å²) in [5, 5.41) is 4.18. The topological polar surface area (TPSA) is 72.8 Å². The molecule has 0 radical (unpaired) electrons. The molecule has 2 heterocycles. The third kappa shape index (κ3) is 3.69. The van der Waals surface area contributed by atoms with Crippen molar-refractivity contribution in [3.8, 4) is 11.5 Å². The summed E-state index contributed by atoms with van der Waals surface area (Å²) in [4.78, 5) is 29.4. The zero-order chi connectivity index (χ0) is 23.9. The van der Waals surface area contributed by atoms with Crippen LogP contribution < -0.4 is 19.7 Å². The van der Waals surface area contributed by atoms with Gasteiger partial charge in [0.2, 0.25) is 5.91 Å². The van der Waals surface area contributed by atoms with Gasteiger partial charge in [-0.2, -0.15) is 0 Å². The number of hydrogen-bond donors (Lipinski definition) is 1. The smallest absolute Gasteiger partial charge is 0.275 e. The second-order valence-corrected chi connectivity index (χ2v) is 9.34. The predicted molar refractivity (Wildman–Crippen MR) is 132 cm³/mol. The van der Waals surface area contributed by atoms with Crippen LogP contribution in [-0.4, -0.2) is 41.7 Å². The Morgan fingerprint density at radius 2 is 1.79 bits per heavy atom. The minimum absolute atomic E-state index is 0.128. The zero-order valence-corrected chi connectivity index (χ0v) is 20.0. The van der Waals surface area contributed by atoms with Crippen LogP contribution >= 0.6 is 0 Å². The van der Waals surface area contributed by atoms with Gasteiger partial charge in [0, 0.05) is 23.2 Å². The van der Waals surface area contributed by atoms with Gasteiger partial charge in [0.1, 0.15) is 22.7 Å². The van der Waals surface area contributed by atoms with E-state index in [1.54, 1.807) is 12.0 Å². The van der Waals surface area contributed by atoms with Crippen LogP contribution in [0.3, 0.4) is 0 Å². The largest absolute Gasteiger partial charge is 0.497 e. The Labute approximate surface area is 199 Å². The highest BCUT2D eigenvalue weighted by Crippen LogP contribution is 2.37. The predicted octanol–water partition coefficient (Wildman–Crippen LogP) is 4.53. The molecule has 1 aromatic heterocycles. The third-order valence-electron chi connectivity index (χ3n) is 7.08. The molecule has 2 aromatic carbocycles. The Balaban J connectivity index is 1.61. The lowest BCUT2D eigenvalue weighted by molar-refractivity contribution is -0.127. The highest BCUT2D eigenvalue weighted by molar-refractivity contribution is 6.14. The first-order valence-corrected chi connectivity index (χ1v) is 12.0. The van der Waals surface area contributed by atoms with Crippen LogP contribution in [0.5, 0.6) is 11.5 Å². The molecule has 2 amide bonds. The summed E-state index contributed by atoms with van der Waals surface area (Å²) in [7, 11) is 1.62. The third-order valence-corrected chi connectivity index (χ3v) is 7.08. The molecule has 0 saturated heterocycles. The summed E-state index contributed by atoms with van der Waals surface area (Å²) >= 11 is 0. The number of methoxy groups -OCH3 is 1. The van der Waals surface area contributed by atoms with Crippen LogP contribution in [0.1, 0.15) is 50.0 Å². The van der Waals surface area contributed by atoms with Crippen LogP contribution in [0.15, 0.2) is 48.5 Å². The van der Waals surface area contributed by atoms with E-state index < -0.39 is 5.54 Å². The first kappa shape index (κ1) is 22.3. The normalized spacial score (nSPS) is 20.4. The zero-order valence-electron chi connectivity index (χ0n) is 20.0. The van der Waals surface area contributed by atoms with Gasteiger partial charge in [0.15, 0.2) is 0 Å². The monoisotopic (exact) mass is 461 g/mol. The number of anilines is 1. The van der Waals surface area contributed by atoms with E-state index >= 15 is 0 Å². The summed E-state index contributed by atoms with van der Waals surface area (Å²) in [6, 6.07) is 15.2. The maximum atomic E-state index is 14.0. The van der Waals surface area contributed by atoms with Crippen molar-refractivity contribution in [2.75, 3.05) is 18.6 Å². The fourth-order valence-corrected chi connectivity index (χ4v) is 5.27. The van der Waals surface area contributed by atoms with Crippen LogP contribution in [-0.2, 0) is 11.3 Å². The van der Waals surface area contributed by atoms with Gasteiger partial charge in [-0.05, 0) is 69.2 Å². The molecule has 1 atom stereocenters. The van der Waals surface area contributed by atoms with E-state index in [1.807, 2.05) is 66.9 Å². The van der Waals surface area contributed by atoms with E-state index in [9.17, 15) is 9.59 Å². The van der Waals surface area contributed by atoms with E-state index in [4.69, 9.17) is 9.47 Å². The number of nitrogens with one attached hydrogen (secondary N) is 1. The van der Waals surface area contributed by atoms with E-state index in [0.29, 0.717) is 30.3 Å². The van der Waals surface area contributed by atoms with Crippen molar-refractivity contribution in [1.29, 1.82) is 0 Å². The average Bonchev–Trinajstić information content (AvgIpc) is 3.48. The molecule has 0 spiro atoms. The van der Waals surface area contributed by atoms with E-state index in [1.165, 1.54) is 0 Å². The number of ether oxygens (including phenoxy) is 2. The van der Waals surface area contributed by atoms with Crippen molar-refractivity contribution in [2.45, 2.75) is 57.7 Å². The van der Waals surface area contributed by atoms with Crippen molar-refractivity contribution >= 4 is 28.4 Å². The summed E-state index contributed by atoms with van der Waals surface area (Å²) < 4.78 is 13.0. The molecule has 0 bridgehead atoms. The van der Waals surface area contributed by atoms with Gasteiger partial charge in [-0.3, -0.25) is 14.5 Å². The van der Waals surface area contributed by atoms with Gasteiger partial charge in [-0.1, -0.05) is 12.8 Å². The number of carbonyl (C=O) groups excluding carboxylic acids is 2. The molecule has 7 nitrogen and oxygen atoms in total. The molecule has 5 rings (SSSR count). The molecule has 1 N–H and O–H groups in total. The summed E-state index contributed by atoms with van der Waals surface area (Å²) in [5.41, 5.74) is 1.01. The van der Waals surface area contributed by atoms with Gasteiger partial charge < -0.3 is 19.4 Å². The van der Waals surface area contributed by atoms with Gasteiger partial charge in [0.25, 0.3) is 5.91 Å². The fraction of sp³-hybridized carbons (Fsp3) is 0.407. The molecule has 34 heavy (non-hydrogen) atoms. The lowest BCUT2D eigenvalue weighted by Gasteiger charge is -2.44. The number of benzene rings is 2. The molecule has 1 aliphatic carbocycles. The van der Waals surface area contributed by atoms with Gasteiger partial charge >= 0.3 is 0 Å². The SMILES string of the molecule is CCOc1ccc(N2C(=O)c3cc4ccc(OC)cc4n3C[C@]2(C)C(=O)NC2CCCC2)cc1. The minimum atomic E-state index is -1.10. The Hall–Kier alpha value is -3.48. The van der Waals surface area contributed by atoms with Crippen molar-refractivity contribution in [3.05, 3.63) is 54.2 Å². The van der Waals surface area contributed by atoms with Crippen molar-refractivity contribution in [3.63, 3.8) is 0 Å². The standard InChI is InChI=1S/C27H31N3O4/c1-4-34-21-13-10-20(11-14-21)30-25(31)24-15-18-9-12-22(33-3)16-23(18)29(24)17-27(30,2)26(32)28-19-7-5-6-8-19/h9-16,19H,4-8,17H2,1-3H3,(H,28,32)/t27-/m1/s1. The van der Waals surface area contributed by atoms with Crippen LogP contribution in [0.25, 0.3) is 10.9 Å². The van der Waals surface area contributed by atoms with E-state index in [0.717, 1.165) is 42.3 Å². The minimum Gasteiger partial charge on any atom is -0.497 e. The highest BCUT2D eigenvalue weighted by atomic mass is 16.5. The second kappa shape index (κ2) is 8.70. The average molecular weight is 462 g/mol. The van der Waals surface area contributed by atoms with Crippen molar-refractivity contribution in [2.24, 2.45) is 0 Å². The molecule has 0 unspecified atom stereocenters. The van der Waals surface area contributed by atoms with Crippen molar-refractivity contribution in [1.82, 2.24) is 9.88 Å². The lowest BCUT2D eigenvalue weighted by atomic mass is 9.93. The summed E-state index contributed by atoms with van der Waals surface area (Å²) in [5.74, 6) is 1.12. The number of fused-ring (bicyclic) bond motifs is 3. The lowest BCUT2D eigenvalue weighted by Crippen LogP contribution is -2.65. The molecule has 1 aliphatic heterocycles. The number of aromatic nitrogens is 1. The first-order chi connectivity index (χ1) is 16.4.